The Hall–Kier alpha value is -1.75. The smallest absolute Gasteiger partial charge is 0.141 e. The minimum Gasteiger partial charge on any atom is -0.310 e. The second-order valence-corrected chi connectivity index (χ2v) is 5.05. The highest BCUT2D eigenvalue weighted by atomic mass is 19.1. The predicted octanol–water partition coefficient (Wildman–Crippen LogP) is 2.55. The molecule has 2 rings (SSSR count). The van der Waals surface area contributed by atoms with Crippen molar-refractivity contribution in [1.29, 1.82) is 0 Å². The standard InChI is InChI=1S/C15H21FN4/c1-4-5-18-15(12-7-13(16)10-17-9-12)8-14-6-11(2)19-20(14)3/h6-7,9-10,15,18H,4-5,8H2,1-3H3. The fourth-order valence-corrected chi connectivity index (χ4v) is 2.31. The summed E-state index contributed by atoms with van der Waals surface area (Å²) in [6.07, 6.45) is 4.75. The van der Waals surface area contributed by atoms with E-state index in [0.29, 0.717) is 0 Å². The molecule has 2 aromatic heterocycles. The number of halogens is 1. The molecule has 0 saturated carbocycles. The number of rotatable bonds is 6. The molecule has 0 amide bonds. The van der Waals surface area contributed by atoms with Gasteiger partial charge in [-0.15, -0.1) is 0 Å². The van der Waals surface area contributed by atoms with Crippen molar-refractivity contribution in [2.24, 2.45) is 7.05 Å². The Morgan fingerprint density at radius 3 is 2.75 bits per heavy atom. The van der Waals surface area contributed by atoms with E-state index in [-0.39, 0.29) is 11.9 Å². The molecule has 0 saturated heterocycles. The van der Waals surface area contributed by atoms with Gasteiger partial charge in [0, 0.05) is 31.4 Å². The first-order valence-corrected chi connectivity index (χ1v) is 6.93. The zero-order chi connectivity index (χ0) is 14.5. The van der Waals surface area contributed by atoms with Crippen LogP contribution in [0.2, 0.25) is 0 Å². The number of nitrogens with one attached hydrogen (secondary N) is 1. The van der Waals surface area contributed by atoms with Gasteiger partial charge in [0.2, 0.25) is 0 Å². The minimum absolute atomic E-state index is 0.0490. The van der Waals surface area contributed by atoms with Crippen LogP contribution >= 0.6 is 0 Å². The molecule has 1 unspecified atom stereocenters. The molecule has 0 aliphatic rings. The molecule has 4 nitrogen and oxygen atoms in total. The molecule has 20 heavy (non-hydrogen) atoms. The Labute approximate surface area is 119 Å². The summed E-state index contributed by atoms with van der Waals surface area (Å²) in [4.78, 5) is 3.95. The molecule has 0 spiro atoms. The van der Waals surface area contributed by atoms with Gasteiger partial charge in [0.1, 0.15) is 5.82 Å². The van der Waals surface area contributed by atoms with Gasteiger partial charge in [-0.05, 0) is 37.6 Å². The lowest BCUT2D eigenvalue weighted by Crippen LogP contribution is -2.25. The molecular weight excluding hydrogens is 255 g/mol. The Kier molecular flexibility index (Phi) is 4.84. The summed E-state index contributed by atoms with van der Waals surface area (Å²) in [7, 11) is 1.93. The number of hydrogen-bond donors (Lipinski definition) is 1. The van der Waals surface area contributed by atoms with E-state index in [1.54, 1.807) is 12.3 Å². The molecule has 0 aliphatic carbocycles. The van der Waals surface area contributed by atoms with Gasteiger partial charge >= 0.3 is 0 Å². The molecule has 1 N–H and O–H groups in total. The van der Waals surface area contributed by atoms with Gasteiger partial charge in [-0.25, -0.2) is 4.39 Å². The largest absolute Gasteiger partial charge is 0.310 e. The van der Waals surface area contributed by atoms with Gasteiger partial charge in [-0.3, -0.25) is 9.67 Å². The van der Waals surface area contributed by atoms with Gasteiger partial charge in [-0.1, -0.05) is 6.92 Å². The van der Waals surface area contributed by atoms with Crippen molar-refractivity contribution < 1.29 is 4.39 Å². The number of aromatic nitrogens is 3. The Balaban J connectivity index is 2.21. The van der Waals surface area contributed by atoms with E-state index >= 15 is 0 Å². The van der Waals surface area contributed by atoms with Crippen molar-refractivity contribution in [2.75, 3.05) is 6.54 Å². The van der Waals surface area contributed by atoms with E-state index in [9.17, 15) is 4.39 Å². The number of nitrogens with zero attached hydrogens (tertiary/aromatic N) is 3. The summed E-state index contributed by atoms with van der Waals surface area (Å²) in [5, 5.41) is 7.80. The molecular formula is C15H21FN4. The Bertz CT molecular complexity index is 565. The van der Waals surface area contributed by atoms with E-state index in [1.807, 2.05) is 18.7 Å². The zero-order valence-electron chi connectivity index (χ0n) is 12.2. The van der Waals surface area contributed by atoms with E-state index in [2.05, 4.69) is 28.4 Å². The summed E-state index contributed by atoms with van der Waals surface area (Å²) in [6, 6.07) is 3.66. The molecule has 2 aromatic rings. The van der Waals surface area contributed by atoms with Crippen molar-refractivity contribution in [3.05, 3.63) is 47.3 Å². The van der Waals surface area contributed by atoms with Crippen molar-refractivity contribution in [2.45, 2.75) is 32.7 Å². The van der Waals surface area contributed by atoms with Crippen LogP contribution < -0.4 is 5.32 Å². The summed E-state index contributed by atoms with van der Waals surface area (Å²) < 4.78 is 15.2. The van der Waals surface area contributed by atoms with E-state index in [1.165, 1.54) is 6.20 Å². The van der Waals surface area contributed by atoms with E-state index in [4.69, 9.17) is 0 Å². The van der Waals surface area contributed by atoms with Gasteiger partial charge in [0.05, 0.1) is 11.9 Å². The van der Waals surface area contributed by atoms with E-state index in [0.717, 1.165) is 36.3 Å². The third kappa shape index (κ3) is 3.63. The van der Waals surface area contributed by atoms with Crippen LogP contribution in [0.3, 0.4) is 0 Å². The highest BCUT2D eigenvalue weighted by Crippen LogP contribution is 2.19. The number of pyridine rings is 1. The maximum atomic E-state index is 13.4. The van der Waals surface area contributed by atoms with Gasteiger partial charge in [-0.2, -0.15) is 5.10 Å². The van der Waals surface area contributed by atoms with Crippen LogP contribution in [0.5, 0.6) is 0 Å². The summed E-state index contributed by atoms with van der Waals surface area (Å²) in [6.45, 7) is 4.97. The van der Waals surface area contributed by atoms with Crippen LogP contribution in [0.1, 0.15) is 36.3 Å². The molecule has 108 valence electrons. The fraction of sp³-hybridized carbons (Fsp3) is 0.467. The first kappa shape index (κ1) is 14.7. The molecule has 0 bridgehead atoms. The lowest BCUT2D eigenvalue weighted by molar-refractivity contribution is 0.506. The zero-order valence-corrected chi connectivity index (χ0v) is 12.2. The molecule has 0 aromatic carbocycles. The lowest BCUT2D eigenvalue weighted by Gasteiger charge is -2.18. The second kappa shape index (κ2) is 6.61. The fourth-order valence-electron chi connectivity index (χ4n) is 2.31. The van der Waals surface area contributed by atoms with Crippen molar-refractivity contribution >= 4 is 0 Å². The average Bonchev–Trinajstić information content (AvgIpc) is 2.72. The monoisotopic (exact) mass is 276 g/mol. The van der Waals surface area contributed by atoms with Crippen molar-refractivity contribution in [1.82, 2.24) is 20.1 Å². The highest BCUT2D eigenvalue weighted by molar-refractivity contribution is 5.19. The van der Waals surface area contributed by atoms with Crippen molar-refractivity contribution in [3.63, 3.8) is 0 Å². The van der Waals surface area contributed by atoms with Crippen LogP contribution in [0, 0.1) is 12.7 Å². The second-order valence-electron chi connectivity index (χ2n) is 5.05. The van der Waals surface area contributed by atoms with E-state index < -0.39 is 0 Å². The van der Waals surface area contributed by atoms with Crippen LogP contribution in [-0.4, -0.2) is 21.3 Å². The number of hydrogen-bond acceptors (Lipinski definition) is 3. The Morgan fingerprint density at radius 1 is 1.35 bits per heavy atom. The maximum absolute atomic E-state index is 13.4. The predicted molar refractivity (Wildman–Crippen MR) is 76.9 cm³/mol. The molecule has 0 fully saturated rings. The Morgan fingerprint density at radius 2 is 2.15 bits per heavy atom. The van der Waals surface area contributed by atoms with Crippen LogP contribution in [-0.2, 0) is 13.5 Å². The SMILES string of the molecule is CCCNC(Cc1cc(C)nn1C)c1cncc(F)c1. The van der Waals surface area contributed by atoms with Gasteiger partial charge in [0.15, 0.2) is 0 Å². The molecule has 1 atom stereocenters. The summed E-state index contributed by atoms with van der Waals surface area (Å²) >= 11 is 0. The molecule has 5 heteroatoms. The highest BCUT2D eigenvalue weighted by Gasteiger charge is 2.15. The summed E-state index contributed by atoms with van der Waals surface area (Å²) in [5.41, 5.74) is 2.99. The minimum atomic E-state index is -0.299. The summed E-state index contributed by atoms with van der Waals surface area (Å²) in [5.74, 6) is -0.299. The topological polar surface area (TPSA) is 42.7 Å². The lowest BCUT2D eigenvalue weighted by atomic mass is 10.0. The number of aryl methyl sites for hydroxylation is 2. The third-order valence-corrected chi connectivity index (χ3v) is 3.28. The van der Waals surface area contributed by atoms with Gasteiger partial charge in [0.25, 0.3) is 0 Å². The molecule has 0 aliphatic heterocycles. The van der Waals surface area contributed by atoms with Crippen LogP contribution in [0.25, 0.3) is 0 Å². The van der Waals surface area contributed by atoms with Gasteiger partial charge < -0.3 is 5.32 Å². The quantitative estimate of drug-likeness (QED) is 0.881. The van der Waals surface area contributed by atoms with Crippen molar-refractivity contribution in [3.8, 4) is 0 Å². The molecule has 0 radical (unpaired) electrons. The first-order chi connectivity index (χ1) is 9.60. The van der Waals surface area contributed by atoms with Crippen LogP contribution in [0.4, 0.5) is 4.39 Å². The molecule has 2 heterocycles. The maximum Gasteiger partial charge on any atom is 0.141 e. The van der Waals surface area contributed by atoms with Crippen LogP contribution in [0.15, 0.2) is 24.5 Å². The average molecular weight is 276 g/mol. The normalized spacial score (nSPS) is 12.6. The first-order valence-electron chi connectivity index (χ1n) is 6.93. The third-order valence-electron chi connectivity index (χ3n) is 3.28.